The Bertz CT molecular complexity index is 327. The van der Waals surface area contributed by atoms with Gasteiger partial charge in [-0.2, -0.15) is 0 Å². The molecule has 0 bridgehead atoms. The largest absolute Gasteiger partial charge is 0.507 e. The zero-order chi connectivity index (χ0) is 9.84. The van der Waals surface area contributed by atoms with Crippen molar-refractivity contribution in [1.82, 2.24) is 5.48 Å². The highest BCUT2D eigenvalue weighted by Crippen LogP contribution is 2.17. The van der Waals surface area contributed by atoms with E-state index in [4.69, 9.17) is 5.11 Å². The SMILES string of the molecule is CONC(=O)c1ccc(F)cc1O. The van der Waals surface area contributed by atoms with E-state index in [0.717, 1.165) is 12.1 Å². The van der Waals surface area contributed by atoms with Gasteiger partial charge in [-0.05, 0) is 12.1 Å². The van der Waals surface area contributed by atoms with Crippen LogP contribution >= 0.6 is 0 Å². The van der Waals surface area contributed by atoms with E-state index in [1.54, 1.807) is 0 Å². The Balaban J connectivity index is 2.95. The maximum Gasteiger partial charge on any atom is 0.278 e. The normalized spacial score (nSPS) is 9.69. The summed E-state index contributed by atoms with van der Waals surface area (Å²) in [6.45, 7) is 0. The molecule has 0 fully saturated rings. The fourth-order valence-electron chi connectivity index (χ4n) is 0.844. The van der Waals surface area contributed by atoms with Crippen LogP contribution in [0.4, 0.5) is 4.39 Å². The molecule has 70 valence electrons. The molecule has 0 atom stereocenters. The topological polar surface area (TPSA) is 58.6 Å². The number of hydroxylamine groups is 1. The number of hydrogen-bond donors (Lipinski definition) is 2. The van der Waals surface area contributed by atoms with Gasteiger partial charge in [0.15, 0.2) is 0 Å². The molecular weight excluding hydrogens is 177 g/mol. The van der Waals surface area contributed by atoms with E-state index in [-0.39, 0.29) is 5.56 Å². The van der Waals surface area contributed by atoms with Crippen molar-refractivity contribution in [2.45, 2.75) is 0 Å². The number of benzene rings is 1. The van der Waals surface area contributed by atoms with Gasteiger partial charge in [0.2, 0.25) is 0 Å². The number of nitrogens with one attached hydrogen (secondary N) is 1. The second kappa shape index (κ2) is 3.86. The van der Waals surface area contributed by atoms with Gasteiger partial charge in [0, 0.05) is 6.07 Å². The maximum absolute atomic E-state index is 12.5. The van der Waals surface area contributed by atoms with Crippen LogP contribution in [0.2, 0.25) is 0 Å². The smallest absolute Gasteiger partial charge is 0.278 e. The van der Waals surface area contributed by atoms with Gasteiger partial charge in [-0.1, -0.05) is 0 Å². The quantitative estimate of drug-likeness (QED) is 0.670. The van der Waals surface area contributed by atoms with Crippen LogP contribution < -0.4 is 5.48 Å². The number of aromatic hydroxyl groups is 1. The van der Waals surface area contributed by atoms with Crippen molar-refractivity contribution in [2.24, 2.45) is 0 Å². The first-order chi connectivity index (χ1) is 6.15. The van der Waals surface area contributed by atoms with E-state index in [1.165, 1.54) is 13.2 Å². The number of phenolic OH excluding ortho intramolecular Hbond substituents is 1. The van der Waals surface area contributed by atoms with Gasteiger partial charge in [-0.3, -0.25) is 9.63 Å². The standard InChI is InChI=1S/C8H8FNO3/c1-13-10-8(12)6-3-2-5(9)4-7(6)11/h2-4,11H,1H3,(H,10,12). The molecule has 0 saturated heterocycles. The third-order valence-corrected chi connectivity index (χ3v) is 1.40. The van der Waals surface area contributed by atoms with E-state index >= 15 is 0 Å². The molecule has 5 heteroatoms. The maximum atomic E-state index is 12.5. The summed E-state index contributed by atoms with van der Waals surface area (Å²) in [6, 6.07) is 3.09. The second-order valence-corrected chi connectivity index (χ2v) is 2.30. The number of carbonyl (C=O) groups is 1. The van der Waals surface area contributed by atoms with Crippen molar-refractivity contribution in [3.63, 3.8) is 0 Å². The molecule has 1 aromatic carbocycles. The highest BCUT2D eigenvalue weighted by molar-refractivity contribution is 5.96. The third kappa shape index (κ3) is 2.16. The van der Waals surface area contributed by atoms with Crippen LogP contribution in [0.1, 0.15) is 10.4 Å². The zero-order valence-electron chi connectivity index (χ0n) is 6.87. The summed E-state index contributed by atoms with van der Waals surface area (Å²) in [4.78, 5) is 15.4. The minimum Gasteiger partial charge on any atom is -0.507 e. The third-order valence-electron chi connectivity index (χ3n) is 1.40. The molecule has 1 amide bonds. The summed E-state index contributed by atoms with van der Waals surface area (Å²) >= 11 is 0. The molecule has 1 aromatic rings. The molecule has 0 unspecified atom stereocenters. The number of carbonyl (C=O) groups excluding carboxylic acids is 1. The first-order valence-electron chi connectivity index (χ1n) is 3.47. The number of rotatable bonds is 2. The van der Waals surface area contributed by atoms with Crippen molar-refractivity contribution >= 4 is 5.91 Å². The monoisotopic (exact) mass is 185 g/mol. The molecule has 0 aliphatic carbocycles. The van der Waals surface area contributed by atoms with E-state index in [0.29, 0.717) is 0 Å². The fourth-order valence-corrected chi connectivity index (χ4v) is 0.844. The summed E-state index contributed by atoms with van der Waals surface area (Å²) < 4.78 is 12.5. The lowest BCUT2D eigenvalue weighted by molar-refractivity contribution is 0.0535. The van der Waals surface area contributed by atoms with Crippen molar-refractivity contribution in [2.75, 3.05) is 7.11 Å². The van der Waals surface area contributed by atoms with E-state index in [2.05, 4.69) is 4.84 Å². The number of hydrogen-bond acceptors (Lipinski definition) is 3. The molecule has 0 spiro atoms. The number of amides is 1. The summed E-state index contributed by atoms with van der Waals surface area (Å²) in [5.74, 6) is -1.65. The van der Waals surface area contributed by atoms with Gasteiger partial charge in [0.1, 0.15) is 11.6 Å². The summed E-state index contributed by atoms with van der Waals surface area (Å²) in [7, 11) is 1.26. The van der Waals surface area contributed by atoms with Crippen molar-refractivity contribution < 1.29 is 19.1 Å². The molecular formula is C8H8FNO3. The van der Waals surface area contributed by atoms with Crippen molar-refractivity contribution in [3.8, 4) is 5.75 Å². The predicted octanol–water partition coefficient (Wildman–Crippen LogP) is 0.823. The molecule has 0 aliphatic heterocycles. The summed E-state index contributed by atoms with van der Waals surface area (Å²) in [6.07, 6.45) is 0. The van der Waals surface area contributed by atoms with Crippen LogP contribution in [0.25, 0.3) is 0 Å². The minimum absolute atomic E-state index is 0.0387. The summed E-state index contributed by atoms with van der Waals surface area (Å²) in [5.41, 5.74) is 1.96. The lowest BCUT2D eigenvalue weighted by atomic mass is 10.2. The van der Waals surface area contributed by atoms with Crippen molar-refractivity contribution in [3.05, 3.63) is 29.6 Å². The Morgan fingerprint density at radius 1 is 1.62 bits per heavy atom. The Morgan fingerprint density at radius 2 is 2.31 bits per heavy atom. The lowest BCUT2D eigenvalue weighted by Gasteiger charge is -2.03. The van der Waals surface area contributed by atoms with Gasteiger partial charge >= 0.3 is 0 Å². The lowest BCUT2D eigenvalue weighted by Crippen LogP contribution is -2.21. The Morgan fingerprint density at radius 3 is 2.85 bits per heavy atom. The molecule has 2 N–H and O–H groups in total. The van der Waals surface area contributed by atoms with Crippen LogP contribution in [0.3, 0.4) is 0 Å². The highest BCUT2D eigenvalue weighted by Gasteiger charge is 2.10. The molecule has 0 saturated carbocycles. The molecule has 4 nitrogen and oxygen atoms in total. The van der Waals surface area contributed by atoms with Crippen molar-refractivity contribution in [1.29, 1.82) is 0 Å². The molecule has 0 aliphatic rings. The van der Waals surface area contributed by atoms with Gasteiger partial charge in [-0.15, -0.1) is 0 Å². The van der Waals surface area contributed by atoms with Gasteiger partial charge in [0.25, 0.3) is 5.91 Å². The number of phenols is 1. The van der Waals surface area contributed by atoms with E-state index in [1.807, 2.05) is 5.48 Å². The van der Waals surface area contributed by atoms with E-state index < -0.39 is 17.5 Å². The Hall–Kier alpha value is -1.62. The fraction of sp³-hybridized carbons (Fsp3) is 0.125. The van der Waals surface area contributed by atoms with Gasteiger partial charge in [-0.25, -0.2) is 9.87 Å². The second-order valence-electron chi connectivity index (χ2n) is 2.30. The van der Waals surface area contributed by atoms with Crippen LogP contribution in [0.15, 0.2) is 18.2 Å². The van der Waals surface area contributed by atoms with Crippen LogP contribution in [0, 0.1) is 5.82 Å². The Labute approximate surface area is 73.9 Å². The van der Waals surface area contributed by atoms with Crippen LogP contribution in [-0.4, -0.2) is 18.1 Å². The Kier molecular flexibility index (Phi) is 2.81. The average Bonchev–Trinajstić information content (AvgIpc) is 2.04. The van der Waals surface area contributed by atoms with Crippen LogP contribution in [-0.2, 0) is 4.84 Å². The highest BCUT2D eigenvalue weighted by atomic mass is 19.1. The molecule has 0 aromatic heterocycles. The molecule has 0 radical (unpaired) electrons. The first kappa shape index (κ1) is 9.47. The summed E-state index contributed by atoms with van der Waals surface area (Å²) in [5, 5.41) is 9.13. The van der Waals surface area contributed by atoms with Gasteiger partial charge in [0.05, 0.1) is 12.7 Å². The van der Waals surface area contributed by atoms with Gasteiger partial charge < -0.3 is 5.11 Å². The molecule has 0 heterocycles. The molecule has 1 rings (SSSR count). The zero-order valence-corrected chi connectivity index (χ0v) is 6.87. The van der Waals surface area contributed by atoms with E-state index in [9.17, 15) is 9.18 Å². The average molecular weight is 185 g/mol. The molecule has 13 heavy (non-hydrogen) atoms. The van der Waals surface area contributed by atoms with Crippen LogP contribution in [0.5, 0.6) is 5.75 Å². The first-order valence-corrected chi connectivity index (χ1v) is 3.47. The predicted molar refractivity (Wildman–Crippen MR) is 42.5 cm³/mol. The minimum atomic E-state index is -0.625. The number of halogens is 1.